The number of hydrogen-bond donors (Lipinski definition) is 0. The van der Waals surface area contributed by atoms with Gasteiger partial charge < -0.3 is 14.4 Å². The van der Waals surface area contributed by atoms with E-state index in [1.54, 1.807) is 17.1 Å². The Hall–Kier alpha value is -1.97. The molecule has 4 nitrogen and oxygen atoms in total. The number of carbonyl (C=O) groups excluding carboxylic acids is 1. The maximum atomic E-state index is 11.8. The molecule has 0 aromatic heterocycles. The lowest BCUT2D eigenvalue weighted by molar-refractivity contribution is -0.126. The zero-order valence-electron chi connectivity index (χ0n) is 10.7. The number of rotatable bonds is 4. The molecular formula is C14H17NO3. The van der Waals surface area contributed by atoms with Crippen LogP contribution in [0.15, 0.2) is 30.4 Å². The monoisotopic (exact) mass is 247 g/mol. The van der Waals surface area contributed by atoms with Crippen LogP contribution >= 0.6 is 0 Å². The van der Waals surface area contributed by atoms with Crippen molar-refractivity contribution in [3.63, 3.8) is 0 Å². The molecule has 0 spiro atoms. The van der Waals surface area contributed by atoms with E-state index in [1.165, 1.54) is 0 Å². The third-order valence-electron chi connectivity index (χ3n) is 2.81. The molecular weight excluding hydrogens is 230 g/mol. The van der Waals surface area contributed by atoms with Gasteiger partial charge in [-0.1, -0.05) is 12.1 Å². The minimum atomic E-state index is 0.0256. The van der Waals surface area contributed by atoms with Crippen molar-refractivity contribution in [2.24, 2.45) is 0 Å². The highest BCUT2D eigenvalue weighted by molar-refractivity contribution is 5.87. The zero-order valence-corrected chi connectivity index (χ0v) is 10.7. The van der Waals surface area contributed by atoms with E-state index >= 15 is 0 Å². The van der Waals surface area contributed by atoms with Gasteiger partial charge in [0.15, 0.2) is 11.5 Å². The Morgan fingerprint density at radius 3 is 2.89 bits per heavy atom. The summed E-state index contributed by atoms with van der Waals surface area (Å²) in [5.41, 5.74) is 1.04. The third-order valence-corrected chi connectivity index (χ3v) is 2.81. The van der Waals surface area contributed by atoms with Gasteiger partial charge in [-0.2, -0.15) is 0 Å². The second kappa shape index (κ2) is 5.58. The SMILES string of the molecule is CC=CC(=O)N(CC)Cc1ccc2c(c1)OCO2. The van der Waals surface area contributed by atoms with Crippen molar-refractivity contribution in [1.82, 2.24) is 4.90 Å². The molecule has 2 rings (SSSR count). The van der Waals surface area contributed by atoms with Crippen LogP contribution in [0.4, 0.5) is 0 Å². The van der Waals surface area contributed by atoms with Gasteiger partial charge in [-0.15, -0.1) is 0 Å². The van der Waals surface area contributed by atoms with Crippen LogP contribution in [0.3, 0.4) is 0 Å². The second-order valence-electron chi connectivity index (χ2n) is 4.04. The molecule has 18 heavy (non-hydrogen) atoms. The number of carbonyl (C=O) groups is 1. The van der Waals surface area contributed by atoms with E-state index < -0.39 is 0 Å². The van der Waals surface area contributed by atoms with Gasteiger partial charge in [0.25, 0.3) is 0 Å². The quantitative estimate of drug-likeness (QED) is 0.766. The summed E-state index contributed by atoms with van der Waals surface area (Å²) in [5, 5.41) is 0. The minimum absolute atomic E-state index is 0.0256. The van der Waals surface area contributed by atoms with Crippen LogP contribution in [0, 0.1) is 0 Å². The van der Waals surface area contributed by atoms with Crippen molar-refractivity contribution in [1.29, 1.82) is 0 Å². The van der Waals surface area contributed by atoms with E-state index in [-0.39, 0.29) is 12.7 Å². The number of nitrogens with zero attached hydrogens (tertiary/aromatic N) is 1. The number of benzene rings is 1. The lowest BCUT2D eigenvalue weighted by atomic mass is 10.2. The Bertz CT molecular complexity index is 468. The van der Waals surface area contributed by atoms with Crippen LogP contribution in [0.2, 0.25) is 0 Å². The summed E-state index contributed by atoms with van der Waals surface area (Å²) in [6, 6.07) is 5.76. The van der Waals surface area contributed by atoms with Crippen LogP contribution in [-0.2, 0) is 11.3 Å². The first-order chi connectivity index (χ1) is 8.74. The molecule has 1 aliphatic heterocycles. The van der Waals surface area contributed by atoms with Gasteiger partial charge in [0.1, 0.15) is 0 Å². The number of ether oxygens (including phenoxy) is 2. The minimum Gasteiger partial charge on any atom is -0.454 e. The summed E-state index contributed by atoms with van der Waals surface area (Å²) in [6.07, 6.45) is 3.33. The van der Waals surface area contributed by atoms with Crippen molar-refractivity contribution >= 4 is 5.91 Å². The summed E-state index contributed by atoms with van der Waals surface area (Å²) >= 11 is 0. The fraction of sp³-hybridized carbons (Fsp3) is 0.357. The second-order valence-corrected chi connectivity index (χ2v) is 4.04. The van der Waals surface area contributed by atoms with Crippen molar-refractivity contribution in [3.05, 3.63) is 35.9 Å². The molecule has 4 heteroatoms. The predicted octanol–water partition coefficient (Wildman–Crippen LogP) is 2.34. The fourth-order valence-electron chi connectivity index (χ4n) is 1.85. The first kappa shape index (κ1) is 12.5. The predicted molar refractivity (Wildman–Crippen MR) is 68.5 cm³/mol. The third kappa shape index (κ3) is 2.64. The lowest BCUT2D eigenvalue weighted by Crippen LogP contribution is -2.28. The summed E-state index contributed by atoms with van der Waals surface area (Å²) in [6.45, 7) is 5.34. The molecule has 0 bridgehead atoms. The Balaban J connectivity index is 2.10. The first-order valence-corrected chi connectivity index (χ1v) is 6.04. The molecule has 96 valence electrons. The molecule has 1 heterocycles. The molecule has 0 radical (unpaired) electrons. The standard InChI is InChI=1S/C14H17NO3/c1-3-5-14(16)15(4-2)9-11-6-7-12-13(8-11)18-10-17-12/h3,5-8H,4,9-10H2,1-2H3. The number of amides is 1. The Morgan fingerprint density at radius 2 is 2.17 bits per heavy atom. The van der Waals surface area contributed by atoms with Crippen LogP contribution in [0.5, 0.6) is 11.5 Å². The molecule has 1 aromatic rings. The number of likely N-dealkylation sites (N-methyl/N-ethyl adjacent to an activating group) is 1. The van der Waals surface area contributed by atoms with Gasteiger partial charge in [-0.25, -0.2) is 0 Å². The van der Waals surface area contributed by atoms with Crippen LogP contribution in [-0.4, -0.2) is 24.1 Å². The molecule has 0 aliphatic carbocycles. The summed E-state index contributed by atoms with van der Waals surface area (Å²) in [5.74, 6) is 1.54. The van der Waals surface area contributed by atoms with Gasteiger partial charge in [0.2, 0.25) is 12.7 Å². The largest absolute Gasteiger partial charge is 0.454 e. The normalized spacial score (nSPS) is 13.0. The van der Waals surface area contributed by atoms with E-state index in [0.29, 0.717) is 13.1 Å². The number of fused-ring (bicyclic) bond motifs is 1. The maximum Gasteiger partial charge on any atom is 0.246 e. The zero-order chi connectivity index (χ0) is 13.0. The Labute approximate surface area is 107 Å². The van der Waals surface area contributed by atoms with Gasteiger partial charge in [-0.05, 0) is 37.6 Å². The highest BCUT2D eigenvalue weighted by atomic mass is 16.7. The van der Waals surface area contributed by atoms with Gasteiger partial charge >= 0.3 is 0 Å². The van der Waals surface area contributed by atoms with Crippen molar-refractivity contribution < 1.29 is 14.3 Å². The molecule has 1 amide bonds. The van der Waals surface area contributed by atoms with Crippen LogP contribution < -0.4 is 9.47 Å². The van der Waals surface area contributed by atoms with Crippen LogP contribution in [0.1, 0.15) is 19.4 Å². The van der Waals surface area contributed by atoms with E-state index in [1.807, 2.05) is 32.0 Å². The van der Waals surface area contributed by atoms with Gasteiger partial charge in [-0.3, -0.25) is 4.79 Å². The molecule has 1 aromatic carbocycles. The summed E-state index contributed by atoms with van der Waals surface area (Å²) < 4.78 is 10.6. The van der Waals surface area contributed by atoms with E-state index in [4.69, 9.17) is 9.47 Å². The highest BCUT2D eigenvalue weighted by Gasteiger charge is 2.15. The first-order valence-electron chi connectivity index (χ1n) is 6.04. The topological polar surface area (TPSA) is 38.8 Å². The number of hydrogen-bond acceptors (Lipinski definition) is 3. The molecule has 0 unspecified atom stereocenters. The molecule has 0 saturated heterocycles. The Kier molecular flexibility index (Phi) is 3.87. The molecule has 0 saturated carbocycles. The smallest absolute Gasteiger partial charge is 0.246 e. The molecule has 1 aliphatic rings. The van der Waals surface area contributed by atoms with Crippen molar-refractivity contribution in [3.8, 4) is 11.5 Å². The van der Waals surface area contributed by atoms with Gasteiger partial charge in [0.05, 0.1) is 0 Å². The number of allylic oxidation sites excluding steroid dienone is 1. The molecule has 0 N–H and O–H groups in total. The lowest BCUT2D eigenvalue weighted by Gasteiger charge is -2.19. The maximum absolute atomic E-state index is 11.8. The van der Waals surface area contributed by atoms with E-state index in [9.17, 15) is 4.79 Å². The fourth-order valence-corrected chi connectivity index (χ4v) is 1.85. The highest BCUT2D eigenvalue weighted by Crippen LogP contribution is 2.32. The average Bonchev–Trinajstić information content (AvgIpc) is 2.83. The van der Waals surface area contributed by atoms with Gasteiger partial charge in [0, 0.05) is 13.1 Å². The van der Waals surface area contributed by atoms with Crippen molar-refractivity contribution in [2.45, 2.75) is 20.4 Å². The van der Waals surface area contributed by atoms with E-state index in [2.05, 4.69) is 0 Å². The van der Waals surface area contributed by atoms with Crippen molar-refractivity contribution in [2.75, 3.05) is 13.3 Å². The molecule has 0 fully saturated rings. The van der Waals surface area contributed by atoms with Crippen LogP contribution in [0.25, 0.3) is 0 Å². The Morgan fingerprint density at radius 1 is 1.39 bits per heavy atom. The van der Waals surface area contributed by atoms with E-state index in [0.717, 1.165) is 17.1 Å². The molecule has 0 atom stereocenters. The summed E-state index contributed by atoms with van der Waals surface area (Å²) in [7, 11) is 0. The summed E-state index contributed by atoms with van der Waals surface area (Å²) in [4.78, 5) is 13.6. The average molecular weight is 247 g/mol.